The van der Waals surface area contributed by atoms with E-state index in [-0.39, 0.29) is 12.3 Å². The summed E-state index contributed by atoms with van der Waals surface area (Å²) in [5, 5.41) is 10.8. The summed E-state index contributed by atoms with van der Waals surface area (Å²) >= 11 is 5.82. The summed E-state index contributed by atoms with van der Waals surface area (Å²) in [7, 11) is 3.92. The third-order valence-corrected chi connectivity index (χ3v) is 4.32. The van der Waals surface area contributed by atoms with Crippen LogP contribution in [0.25, 0.3) is 0 Å². The Bertz CT molecular complexity index is 478. The summed E-state index contributed by atoms with van der Waals surface area (Å²) < 4.78 is 0. The molecule has 1 heterocycles. The molecule has 0 radical (unpaired) electrons. The molecule has 1 aliphatic rings. The molecule has 1 aliphatic heterocycles. The van der Waals surface area contributed by atoms with E-state index in [4.69, 9.17) is 11.6 Å². The maximum atomic E-state index is 12.2. The van der Waals surface area contributed by atoms with E-state index in [1.165, 1.54) is 0 Å². The first-order chi connectivity index (χ1) is 9.95. The Hall–Kier alpha value is -1.10. The van der Waals surface area contributed by atoms with Crippen molar-refractivity contribution >= 4 is 17.5 Å². The first-order valence-corrected chi connectivity index (χ1v) is 7.69. The van der Waals surface area contributed by atoms with Gasteiger partial charge in [-0.1, -0.05) is 23.7 Å². The fourth-order valence-electron chi connectivity index (χ4n) is 2.79. The van der Waals surface area contributed by atoms with Crippen molar-refractivity contribution in [2.45, 2.75) is 18.9 Å². The standard InChI is InChI=1S/C16H23ClN2O2/c1-18-8-7-12(10-18)11-19(2)16(21)9-15(20)13-3-5-14(17)6-4-13/h3-6,12,15,20H,7-11H2,1-2H3. The Morgan fingerprint density at radius 3 is 2.71 bits per heavy atom. The smallest absolute Gasteiger partial charge is 0.225 e. The highest BCUT2D eigenvalue weighted by atomic mass is 35.5. The molecular formula is C16H23ClN2O2. The van der Waals surface area contributed by atoms with Crippen LogP contribution < -0.4 is 0 Å². The van der Waals surface area contributed by atoms with Gasteiger partial charge in [-0.05, 0) is 43.6 Å². The van der Waals surface area contributed by atoms with Crippen LogP contribution in [-0.4, -0.2) is 54.5 Å². The van der Waals surface area contributed by atoms with Crippen LogP contribution in [0.1, 0.15) is 24.5 Å². The van der Waals surface area contributed by atoms with E-state index in [0.29, 0.717) is 10.9 Å². The molecule has 0 spiro atoms. The number of carbonyl (C=O) groups is 1. The molecule has 5 heteroatoms. The summed E-state index contributed by atoms with van der Waals surface area (Å²) in [6, 6.07) is 6.96. The predicted octanol–water partition coefficient (Wildman–Crippen LogP) is 2.17. The fraction of sp³-hybridized carbons (Fsp3) is 0.562. The largest absolute Gasteiger partial charge is 0.388 e. The summed E-state index contributed by atoms with van der Waals surface area (Å²) in [6.07, 6.45) is 0.470. The SMILES string of the molecule is CN1CCC(CN(C)C(=O)CC(O)c2ccc(Cl)cc2)C1. The molecule has 21 heavy (non-hydrogen) atoms. The Morgan fingerprint density at radius 2 is 2.14 bits per heavy atom. The van der Waals surface area contributed by atoms with Gasteiger partial charge in [-0.2, -0.15) is 0 Å². The molecule has 1 saturated heterocycles. The van der Waals surface area contributed by atoms with Crippen molar-refractivity contribution in [3.63, 3.8) is 0 Å². The minimum Gasteiger partial charge on any atom is -0.388 e. The second-order valence-electron chi connectivity index (χ2n) is 5.96. The van der Waals surface area contributed by atoms with Gasteiger partial charge in [-0.15, -0.1) is 0 Å². The maximum absolute atomic E-state index is 12.2. The number of hydrogen-bond donors (Lipinski definition) is 1. The first-order valence-electron chi connectivity index (χ1n) is 7.31. The van der Waals surface area contributed by atoms with Crippen molar-refractivity contribution in [2.75, 3.05) is 33.7 Å². The van der Waals surface area contributed by atoms with E-state index in [1.54, 1.807) is 29.2 Å². The zero-order valence-electron chi connectivity index (χ0n) is 12.6. The van der Waals surface area contributed by atoms with Crippen LogP contribution in [-0.2, 0) is 4.79 Å². The van der Waals surface area contributed by atoms with Crippen molar-refractivity contribution in [3.05, 3.63) is 34.9 Å². The number of benzene rings is 1. The Morgan fingerprint density at radius 1 is 1.48 bits per heavy atom. The van der Waals surface area contributed by atoms with E-state index in [9.17, 15) is 9.90 Å². The van der Waals surface area contributed by atoms with Crippen LogP contribution in [0, 0.1) is 5.92 Å². The predicted molar refractivity (Wildman–Crippen MR) is 84.3 cm³/mol. The number of hydrogen-bond acceptors (Lipinski definition) is 3. The van der Waals surface area contributed by atoms with Crippen LogP contribution in [0.3, 0.4) is 0 Å². The minimum absolute atomic E-state index is 0.0213. The second kappa shape index (κ2) is 7.25. The number of likely N-dealkylation sites (tertiary alicyclic amines) is 1. The van der Waals surface area contributed by atoms with Gasteiger partial charge in [0.25, 0.3) is 0 Å². The highest BCUT2D eigenvalue weighted by Crippen LogP contribution is 2.21. The zero-order valence-corrected chi connectivity index (χ0v) is 13.4. The lowest BCUT2D eigenvalue weighted by atomic mass is 10.1. The number of halogens is 1. The quantitative estimate of drug-likeness (QED) is 0.906. The number of aliphatic hydroxyl groups excluding tert-OH is 1. The Kier molecular flexibility index (Phi) is 5.62. The van der Waals surface area contributed by atoms with Gasteiger partial charge in [0, 0.05) is 25.2 Å². The average molecular weight is 311 g/mol. The minimum atomic E-state index is -0.775. The van der Waals surface area contributed by atoms with Crippen LogP contribution >= 0.6 is 11.6 Å². The van der Waals surface area contributed by atoms with Crippen LogP contribution in [0.15, 0.2) is 24.3 Å². The number of rotatable bonds is 5. The van der Waals surface area contributed by atoms with Crippen molar-refractivity contribution in [1.82, 2.24) is 9.80 Å². The van der Waals surface area contributed by atoms with E-state index in [2.05, 4.69) is 11.9 Å². The highest BCUT2D eigenvalue weighted by Gasteiger charge is 2.23. The van der Waals surface area contributed by atoms with E-state index in [1.807, 2.05) is 7.05 Å². The molecule has 1 fully saturated rings. The number of carbonyl (C=O) groups excluding carboxylic acids is 1. The van der Waals surface area contributed by atoms with Gasteiger partial charge in [0.15, 0.2) is 0 Å². The van der Waals surface area contributed by atoms with Crippen molar-refractivity contribution < 1.29 is 9.90 Å². The monoisotopic (exact) mass is 310 g/mol. The van der Waals surface area contributed by atoms with E-state index >= 15 is 0 Å². The average Bonchev–Trinajstić information content (AvgIpc) is 2.84. The summed E-state index contributed by atoms with van der Waals surface area (Å²) in [6.45, 7) is 2.90. The molecule has 2 rings (SSSR count). The molecule has 116 valence electrons. The molecule has 4 nitrogen and oxygen atoms in total. The van der Waals surface area contributed by atoms with Crippen LogP contribution in [0.5, 0.6) is 0 Å². The molecule has 1 aromatic rings. The fourth-order valence-corrected chi connectivity index (χ4v) is 2.91. The molecule has 2 unspecified atom stereocenters. The first kappa shape index (κ1) is 16.3. The van der Waals surface area contributed by atoms with Crippen molar-refractivity contribution in [3.8, 4) is 0 Å². The molecule has 1 amide bonds. The zero-order chi connectivity index (χ0) is 15.4. The Balaban J connectivity index is 1.83. The Labute approximate surface area is 131 Å². The maximum Gasteiger partial charge on any atom is 0.225 e. The third-order valence-electron chi connectivity index (χ3n) is 4.07. The van der Waals surface area contributed by atoms with Crippen molar-refractivity contribution in [2.24, 2.45) is 5.92 Å². The lowest BCUT2D eigenvalue weighted by Crippen LogP contribution is -2.33. The van der Waals surface area contributed by atoms with Gasteiger partial charge in [-0.3, -0.25) is 4.79 Å². The molecule has 1 N–H and O–H groups in total. The van der Waals surface area contributed by atoms with Crippen molar-refractivity contribution in [1.29, 1.82) is 0 Å². The summed E-state index contributed by atoms with van der Waals surface area (Å²) in [5.41, 5.74) is 0.724. The molecule has 0 saturated carbocycles. The molecule has 2 atom stereocenters. The van der Waals surface area contributed by atoms with Gasteiger partial charge >= 0.3 is 0 Å². The van der Waals surface area contributed by atoms with Crippen LogP contribution in [0.2, 0.25) is 5.02 Å². The summed E-state index contributed by atoms with van der Waals surface area (Å²) in [5.74, 6) is 0.517. The van der Waals surface area contributed by atoms with Gasteiger partial charge < -0.3 is 14.9 Å². The normalized spacial score (nSPS) is 20.5. The van der Waals surface area contributed by atoms with Crippen LogP contribution in [0.4, 0.5) is 0 Å². The second-order valence-corrected chi connectivity index (χ2v) is 6.40. The molecular weight excluding hydrogens is 288 g/mol. The van der Waals surface area contributed by atoms with Gasteiger partial charge in [-0.25, -0.2) is 0 Å². The molecule has 0 bridgehead atoms. The highest BCUT2D eigenvalue weighted by molar-refractivity contribution is 6.30. The van der Waals surface area contributed by atoms with E-state index < -0.39 is 6.10 Å². The molecule has 1 aromatic carbocycles. The lowest BCUT2D eigenvalue weighted by Gasteiger charge is -2.22. The number of aliphatic hydroxyl groups is 1. The topological polar surface area (TPSA) is 43.8 Å². The number of nitrogens with zero attached hydrogens (tertiary/aromatic N) is 2. The number of amides is 1. The van der Waals surface area contributed by atoms with Gasteiger partial charge in [0.05, 0.1) is 12.5 Å². The lowest BCUT2D eigenvalue weighted by molar-refractivity contribution is -0.132. The molecule has 0 aromatic heterocycles. The summed E-state index contributed by atoms with van der Waals surface area (Å²) in [4.78, 5) is 16.2. The molecule has 0 aliphatic carbocycles. The van der Waals surface area contributed by atoms with Gasteiger partial charge in [0.2, 0.25) is 5.91 Å². The third kappa shape index (κ3) is 4.70. The van der Waals surface area contributed by atoms with E-state index in [0.717, 1.165) is 31.6 Å². The van der Waals surface area contributed by atoms with Gasteiger partial charge in [0.1, 0.15) is 0 Å².